The van der Waals surface area contributed by atoms with E-state index in [4.69, 9.17) is 17.0 Å². The van der Waals surface area contributed by atoms with Gasteiger partial charge in [0.25, 0.3) is 5.91 Å². The summed E-state index contributed by atoms with van der Waals surface area (Å²) in [5.74, 6) is -1.09. The Morgan fingerprint density at radius 1 is 1.35 bits per heavy atom. The van der Waals surface area contributed by atoms with E-state index in [0.717, 1.165) is 0 Å². The lowest BCUT2D eigenvalue weighted by Crippen LogP contribution is -2.52. The lowest BCUT2D eigenvalue weighted by atomic mass is 10.2. The molecule has 0 spiro atoms. The van der Waals surface area contributed by atoms with Gasteiger partial charge in [-0.2, -0.15) is 0 Å². The van der Waals surface area contributed by atoms with Crippen LogP contribution < -0.4 is 5.32 Å². The number of nitrogens with zero attached hydrogens (tertiary/aromatic N) is 1. The first-order chi connectivity index (χ1) is 9.47. The molecular weight excluding hydrogens is 279 g/mol. The average Bonchev–Trinajstić information content (AvgIpc) is 2.37. The molecule has 0 saturated carbocycles. The molecular formula is C14H17FN2O2S. The van der Waals surface area contributed by atoms with Crippen LogP contribution in [0.1, 0.15) is 24.2 Å². The molecule has 108 valence electrons. The fraction of sp³-hybridized carbons (Fsp3) is 0.429. The summed E-state index contributed by atoms with van der Waals surface area (Å²) >= 11 is 5.22. The summed E-state index contributed by atoms with van der Waals surface area (Å²) in [6.07, 6.45) is 0.0872. The zero-order chi connectivity index (χ0) is 14.7. The zero-order valence-corrected chi connectivity index (χ0v) is 12.2. The highest BCUT2D eigenvalue weighted by Crippen LogP contribution is 2.11. The predicted octanol–water partition coefficient (Wildman–Crippen LogP) is 1.95. The predicted molar refractivity (Wildman–Crippen MR) is 78.0 cm³/mol. The average molecular weight is 296 g/mol. The molecule has 0 bridgehead atoms. The summed E-state index contributed by atoms with van der Waals surface area (Å²) in [6, 6.07) is 5.82. The maximum Gasteiger partial charge on any atom is 0.260 e. The number of nitrogens with one attached hydrogen (secondary N) is 1. The minimum absolute atomic E-state index is 0.00999. The fourth-order valence-electron chi connectivity index (χ4n) is 2.23. The van der Waals surface area contributed by atoms with Crippen LogP contribution in [0.25, 0.3) is 0 Å². The van der Waals surface area contributed by atoms with Gasteiger partial charge in [-0.15, -0.1) is 0 Å². The number of carbonyl (C=O) groups excluding carboxylic acids is 1. The number of hydrogen-bond acceptors (Lipinski definition) is 3. The van der Waals surface area contributed by atoms with Crippen molar-refractivity contribution in [2.45, 2.75) is 26.1 Å². The Hall–Kier alpha value is -1.53. The van der Waals surface area contributed by atoms with E-state index in [1.807, 2.05) is 18.7 Å². The summed E-state index contributed by atoms with van der Waals surface area (Å²) in [6.45, 7) is 5.12. The summed E-state index contributed by atoms with van der Waals surface area (Å²) < 4.78 is 19.1. The molecule has 4 nitrogen and oxygen atoms in total. The van der Waals surface area contributed by atoms with Gasteiger partial charge in [-0.3, -0.25) is 10.1 Å². The van der Waals surface area contributed by atoms with Crippen molar-refractivity contribution in [2.24, 2.45) is 0 Å². The van der Waals surface area contributed by atoms with E-state index in [9.17, 15) is 9.18 Å². The van der Waals surface area contributed by atoms with Crippen molar-refractivity contribution >= 4 is 23.2 Å². The van der Waals surface area contributed by atoms with Crippen molar-refractivity contribution in [1.82, 2.24) is 10.2 Å². The molecule has 1 saturated heterocycles. The number of rotatable bonds is 1. The van der Waals surface area contributed by atoms with Gasteiger partial charge in [0.15, 0.2) is 5.11 Å². The molecule has 1 amide bonds. The number of benzene rings is 1. The molecule has 0 aliphatic carbocycles. The SMILES string of the molecule is C[C@@H]1CN(C(=S)NC(=O)c2ccccc2F)C[C@H](C)O1. The smallest absolute Gasteiger partial charge is 0.260 e. The Kier molecular flexibility index (Phi) is 4.67. The van der Waals surface area contributed by atoms with Crippen LogP contribution >= 0.6 is 12.2 Å². The van der Waals surface area contributed by atoms with Gasteiger partial charge in [0.1, 0.15) is 5.82 Å². The van der Waals surface area contributed by atoms with Gasteiger partial charge in [0, 0.05) is 13.1 Å². The number of ether oxygens (including phenoxy) is 1. The van der Waals surface area contributed by atoms with Crippen LogP contribution in [0, 0.1) is 5.82 Å². The van der Waals surface area contributed by atoms with Crippen LogP contribution in [-0.2, 0) is 4.74 Å². The summed E-state index contributed by atoms with van der Waals surface area (Å²) in [4.78, 5) is 13.9. The van der Waals surface area contributed by atoms with Crippen molar-refractivity contribution in [3.63, 3.8) is 0 Å². The van der Waals surface area contributed by atoms with E-state index < -0.39 is 11.7 Å². The number of carbonyl (C=O) groups is 1. The third-order valence-corrected chi connectivity index (χ3v) is 3.41. The number of hydrogen-bond donors (Lipinski definition) is 1. The van der Waals surface area contributed by atoms with Gasteiger partial charge in [0.05, 0.1) is 17.8 Å². The molecule has 1 heterocycles. The second-order valence-electron chi connectivity index (χ2n) is 4.90. The Morgan fingerprint density at radius 2 is 1.95 bits per heavy atom. The van der Waals surface area contributed by atoms with Gasteiger partial charge in [-0.1, -0.05) is 12.1 Å². The van der Waals surface area contributed by atoms with E-state index in [2.05, 4.69) is 5.32 Å². The van der Waals surface area contributed by atoms with Crippen LogP contribution in [0.4, 0.5) is 4.39 Å². The normalized spacial score (nSPS) is 22.4. The third kappa shape index (κ3) is 3.52. The van der Waals surface area contributed by atoms with Gasteiger partial charge in [-0.25, -0.2) is 4.39 Å². The molecule has 1 N–H and O–H groups in total. The molecule has 0 radical (unpaired) electrons. The van der Waals surface area contributed by atoms with E-state index >= 15 is 0 Å². The molecule has 1 aromatic carbocycles. The first kappa shape index (κ1) is 14.9. The van der Waals surface area contributed by atoms with Crippen molar-refractivity contribution in [1.29, 1.82) is 0 Å². The Labute approximate surface area is 122 Å². The highest BCUT2D eigenvalue weighted by atomic mass is 32.1. The molecule has 2 rings (SSSR count). The van der Waals surface area contributed by atoms with Crippen molar-refractivity contribution < 1.29 is 13.9 Å². The Morgan fingerprint density at radius 3 is 2.55 bits per heavy atom. The largest absolute Gasteiger partial charge is 0.372 e. The summed E-state index contributed by atoms with van der Waals surface area (Å²) in [5.41, 5.74) is -0.00999. The quantitative estimate of drug-likeness (QED) is 0.804. The molecule has 2 atom stereocenters. The van der Waals surface area contributed by atoms with Gasteiger partial charge in [0.2, 0.25) is 0 Å². The Balaban J connectivity index is 2.01. The molecule has 0 unspecified atom stereocenters. The van der Waals surface area contributed by atoms with E-state index in [1.54, 1.807) is 6.07 Å². The highest BCUT2D eigenvalue weighted by molar-refractivity contribution is 7.80. The van der Waals surface area contributed by atoms with Crippen molar-refractivity contribution in [3.05, 3.63) is 35.6 Å². The van der Waals surface area contributed by atoms with Gasteiger partial charge < -0.3 is 9.64 Å². The number of morpholine rings is 1. The van der Waals surface area contributed by atoms with Crippen molar-refractivity contribution in [3.8, 4) is 0 Å². The topological polar surface area (TPSA) is 41.6 Å². The van der Waals surface area contributed by atoms with E-state index in [0.29, 0.717) is 18.2 Å². The number of thiocarbonyl (C=S) groups is 1. The van der Waals surface area contributed by atoms with Gasteiger partial charge >= 0.3 is 0 Å². The highest BCUT2D eigenvalue weighted by Gasteiger charge is 2.25. The van der Waals surface area contributed by atoms with Crippen LogP contribution in [-0.4, -0.2) is 41.2 Å². The standard InChI is InChI=1S/C14H17FN2O2S/c1-9-7-17(8-10(2)19-9)14(20)16-13(18)11-5-3-4-6-12(11)15/h3-6,9-10H,7-8H2,1-2H3,(H,16,18,20)/t9-,10+. The minimum Gasteiger partial charge on any atom is -0.372 e. The molecule has 1 aromatic rings. The first-order valence-electron chi connectivity index (χ1n) is 6.47. The molecule has 6 heteroatoms. The zero-order valence-electron chi connectivity index (χ0n) is 11.4. The minimum atomic E-state index is -0.559. The van der Waals surface area contributed by atoms with Crippen molar-refractivity contribution in [2.75, 3.05) is 13.1 Å². The lowest BCUT2D eigenvalue weighted by molar-refractivity contribution is -0.0481. The molecule has 1 aliphatic rings. The maximum atomic E-state index is 13.5. The molecule has 0 aromatic heterocycles. The molecule has 20 heavy (non-hydrogen) atoms. The van der Waals surface area contributed by atoms with E-state index in [-0.39, 0.29) is 17.8 Å². The molecule has 1 aliphatic heterocycles. The third-order valence-electron chi connectivity index (χ3n) is 3.05. The van der Waals surface area contributed by atoms with Gasteiger partial charge in [-0.05, 0) is 38.2 Å². The fourth-order valence-corrected chi connectivity index (χ4v) is 2.47. The Bertz CT molecular complexity index is 514. The number of amides is 1. The monoisotopic (exact) mass is 296 g/mol. The maximum absolute atomic E-state index is 13.5. The van der Waals surface area contributed by atoms with Crippen LogP contribution in [0.15, 0.2) is 24.3 Å². The first-order valence-corrected chi connectivity index (χ1v) is 6.88. The molecule has 1 fully saturated rings. The van der Waals surface area contributed by atoms with Crippen LogP contribution in [0.3, 0.4) is 0 Å². The van der Waals surface area contributed by atoms with Crippen LogP contribution in [0.5, 0.6) is 0 Å². The second-order valence-corrected chi connectivity index (χ2v) is 5.29. The summed E-state index contributed by atoms with van der Waals surface area (Å²) in [5, 5.41) is 2.88. The van der Waals surface area contributed by atoms with E-state index in [1.165, 1.54) is 18.2 Å². The summed E-state index contributed by atoms with van der Waals surface area (Å²) in [7, 11) is 0. The van der Waals surface area contributed by atoms with Crippen LogP contribution in [0.2, 0.25) is 0 Å². The second kappa shape index (κ2) is 6.28. The lowest BCUT2D eigenvalue weighted by Gasteiger charge is -2.36. The number of halogens is 1.